The Bertz CT molecular complexity index is 1060. The molecule has 6 nitrogen and oxygen atoms in total. The van der Waals surface area contributed by atoms with Crippen LogP contribution in [0.5, 0.6) is 11.5 Å². The van der Waals surface area contributed by atoms with E-state index in [-0.39, 0.29) is 23.3 Å². The first-order valence-corrected chi connectivity index (χ1v) is 10.7. The number of carbonyl (C=O) groups excluding carboxylic acids is 2. The van der Waals surface area contributed by atoms with Crippen LogP contribution in [0, 0.1) is 5.82 Å². The van der Waals surface area contributed by atoms with Crippen molar-refractivity contribution in [2.45, 2.75) is 6.92 Å². The van der Waals surface area contributed by atoms with E-state index in [1.54, 1.807) is 18.2 Å². The Labute approximate surface area is 193 Å². The Balaban J connectivity index is 1.73. The van der Waals surface area contributed by atoms with Crippen LogP contribution in [0.25, 0.3) is 6.08 Å². The van der Waals surface area contributed by atoms with E-state index in [9.17, 15) is 14.0 Å². The second kappa shape index (κ2) is 10.1. The van der Waals surface area contributed by atoms with Gasteiger partial charge in [-0.1, -0.05) is 35.6 Å². The van der Waals surface area contributed by atoms with Gasteiger partial charge >= 0.3 is 0 Å². The van der Waals surface area contributed by atoms with Crippen molar-refractivity contribution in [2.75, 3.05) is 25.6 Å². The molecule has 1 saturated heterocycles. The number of halogens is 2. The van der Waals surface area contributed by atoms with Crippen LogP contribution in [0.2, 0.25) is 5.02 Å². The first-order valence-electron chi connectivity index (χ1n) is 9.13. The Morgan fingerprint density at radius 3 is 2.65 bits per heavy atom. The minimum atomic E-state index is -0.447. The van der Waals surface area contributed by atoms with Crippen molar-refractivity contribution in [1.82, 2.24) is 4.90 Å². The zero-order chi connectivity index (χ0) is 22.5. The lowest BCUT2D eigenvalue weighted by atomic mass is 10.1. The number of methoxy groups -OCH3 is 1. The van der Waals surface area contributed by atoms with Crippen LogP contribution in [0.1, 0.15) is 12.5 Å². The second-order valence-electron chi connectivity index (χ2n) is 6.30. The van der Waals surface area contributed by atoms with Gasteiger partial charge in [-0.3, -0.25) is 14.5 Å². The van der Waals surface area contributed by atoms with Crippen molar-refractivity contribution in [3.63, 3.8) is 0 Å². The van der Waals surface area contributed by atoms with Crippen LogP contribution >= 0.6 is 35.6 Å². The van der Waals surface area contributed by atoms with Gasteiger partial charge in [0.05, 0.1) is 17.0 Å². The Morgan fingerprint density at radius 1 is 1.32 bits per heavy atom. The highest BCUT2D eigenvalue weighted by atomic mass is 35.5. The molecule has 0 atom stereocenters. The summed E-state index contributed by atoms with van der Waals surface area (Å²) in [5.41, 5.74) is 1.06. The molecule has 1 aliphatic rings. The summed E-state index contributed by atoms with van der Waals surface area (Å²) in [6.07, 6.45) is 1.67. The SMILES string of the molecule is CCN1C(=O)/C(=C/c2cc(Cl)c(OCC(=O)Nc3ccc(F)cc3)c(OC)c2)SC1=S. The molecular weight excluding hydrogens is 463 g/mol. The minimum absolute atomic E-state index is 0.162. The predicted molar refractivity (Wildman–Crippen MR) is 124 cm³/mol. The molecule has 10 heteroatoms. The summed E-state index contributed by atoms with van der Waals surface area (Å²) < 4.78 is 24.4. The van der Waals surface area contributed by atoms with Gasteiger partial charge in [0, 0.05) is 12.2 Å². The number of ether oxygens (including phenoxy) is 2. The summed E-state index contributed by atoms with van der Waals surface area (Å²) >= 11 is 12.8. The summed E-state index contributed by atoms with van der Waals surface area (Å²) in [5.74, 6) is -0.513. The van der Waals surface area contributed by atoms with Crippen molar-refractivity contribution in [1.29, 1.82) is 0 Å². The zero-order valence-corrected chi connectivity index (χ0v) is 19.0. The van der Waals surface area contributed by atoms with E-state index in [0.717, 1.165) is 0 Å². The molecule has 1 fully saturated rings. The minimum Gasteiger partial charge on any atom is -0.493 e. The van der Waals surface area contributed by atoms with Crippen LogP contribution in [-0.2, 0) is 9.59 Å². The number of nitrogens with one attached hydrogen (secondary N) is 1. The summed E-state index contributed by atoms with van der Waals surface area (Å²) in [5, 5.41) is 2.81. The molecule has 2 amide bonds. The molecule has 2 aromatic carbocycles. The molecule has 0 spiro atoms. The Hall–Kier alpha value is -2.62. The fourth-order valence-electron chi connectivity index (χ4n) is 2.76. The number of benzene rings is 2. The monoisotopic (exact) mass is 480 g/mol. The van der Waals surface area contributed by atoms with Gasteiger partial charge in [0.15, 0.2) is 18.1 Å². The number of amides is 2. The standard InChI is InChI=1S/C21H18ClFN2O4S2/c1-3-25-20(27)17(31-21(25)30)10-12-8-15(22)19(16(9-12)28-2)29-11-18(26)24-14-6-4-13(23)5-7-14/h4-10H,3,11H2,1-2H3,(H,24,26)/b17-10-. The molecular formula is C21H18ClFN2O4S2. The fraction of sp³-hybridized carbons (Fsp3) is 0.190. The van der Waals surface area contributed by atoms with Crippen molar-refractivity contribution >= 4 is 63.5 Å². The van der Waals surface area contributed by atoms with Gasteiger partial charge in [0.1, 0.15) is 10.1 Å². The molecule has 2 aromatic rings. The smallest absolute Gasteiger partial charge is 0.266 e. The fourth-order valence-corrected chi connectivity index (χ4v) is 4.41. The van der Waals surface area contributed by atoms with E-state index in [1.165, 1.54) is 48.0 Å². The molecule has 0 bridgehead atoms. The average Bonchev–Trinajstić information content (AvgIpc) is 3.00. The number of likely N-dealkylation sites (N-methyl/N-ethyl adjacent to an activating group) is 1. The van der Waals surface area contributed by atoms with Gasteiger partial charge < -0.3 is 14.8 Å². The molecule has 1 aliphatic heterocycles. The molecule has 1 heterocycles. The number of hydrogen-bond donors (Lipinski definition) is 1. The van der Waals surface area contributed by atoms with Crippen LogP contribution < -0.4 is 14.8 Å². The summed E-state index contributed by atoms with van der Waals surface area (Å²) in [6.45, 7) is 2.02. The first kappa shape index (κ1) is 23.1. The Morgan fingerprint density at radius 2 is 2.03 bits per heavy atom. The quantitative estimate of drug-likeness (QED) is 0.456. The highest BCUT2D eigenvalue weighted by molar-refractivity contribution is 8.26. The molecule has 0 aliphatic carbocycles. The number of nitrogens with zero attached hydrogens (tertiary/aromatic N) is 1. The lowest BCUT2D eigenvalue weighted by Crippen LogP contribution is -2.27. The van der Waals surface area contributed by atoms with E-state index < -0.39 is 11.7 Å². The van der Waals surface area contributed by atoms with Gasteiger partial charge in [-0.25, -0.2) is 4.39 Å². The third kappa shape index (κ3) is 5.55. The first-order chi connectivity index (χ1) is 14.8. The molecule has 162 valence electrons. The average molecular weight is 481 g/mol. The molecule has 31 heavy (non-hydrogen) atoms. The molecule has 0 aromatic heterocycles. The van der Waals surface area contributed by atoms with Gasteiger partial charge in [0.25, 0.3) is 11.8 Å². The van der Waals surface area contributed by atoms with Crippen molar-refractivity contribution in [3.8, 4) is 11.5 Å². The van der Waals surface area contributed by atoms with Gasteiger partial charge in [-0.15, -0.1) is 0 Å². The van der Waals surface area contributed by atoms with Crippen molar-refractivity contribution < 1.29 is 23.5 Å². The lowest BCUT2D eigenvalue weighted by Gasteiger charge is -2.13. The number of hydrogen-bond acceptors (Lipinski definition) is 6. The maximum atomic E-state index is 13.0. The third-order valence-electron chi connectivity index (χ3n) is 4.21. The highest BCUT2D eigenvalue weighted by Gasteiger charge is 2.30. The van der Waals surface area contributed by atoms with Crippen LogP contribution in [0.3, 0.4) is 0 Å². The van der Waals surface area contributed by atoms with E-state index in [0.29, 0.717) is 32.8 Å². The van der Waals surface area contributed by atoms with E-state index >= 15 is 0 Å². The lowest BCUT2D eigenvalue weighted by molar-refractivity contribution is -0.122. The molecule has 0 radical (unpaired) electrons. The Kier molecular flexibility index (Phi) is 7.53. The van der Waals surface area contributed by atoms with Crippen molar-refractivity contribution in [2.24, 2.45) is 0 Å². The van der Waals surface area contributed by atoms with E-state index in [2.05, 4.69) is 5.32 Å². The summed E-state index contributed by atoms with van der Waals surface area (Å²) in [7, 11) is 1.44. The number of anilines is 1. The van der Waals surface area contributed by atoms with Crippen LogP contribution in [-0.4, -0.2) is 41.3 Å². The van der Waals surface area contributed by atoms with Crippen molar-refractivity contribution in [3.05, 3.63) is 57.7 Å². The highest BCUT2D eigenvalue weighted by Crippen LogP contribution is 2.39. The second-order valence-corrected chi connectivity index (χ2v) is 8.39. The number of rotatable bonds is 7. The molecule has 1 N–H and O–H groups in total. The summed E-state index contributed by atoms with van der Waals surface area (Å²) in [6, 6.07) is 8.62. The van der Waals surface area contributed by atoms with E-state index in [4.69, 9.17) is 33.3 Å². The maximum Gasteiger partial charge on any atom is 0.266 e. The number of thioether (sulfide) groups is 1. The summed E-state index contributed by atoms with van der Waals surface area (Å²) in [4.78, 5) is 26.5. The molecule has 3 rings (SSSR count). The van der Waals surface area contributed by atoms with Gasteiger partial charge in [-0.2, -0.15) is 0 Å². The molecule has 0 unspecified atom stereocenters. The third-order valence-corrected chi connectivity index (χ3v) is 5.87. The van der Waals surface area contributed by atoms with Crippen LogP contribution in [0.4, 0.5) is 10.1 Å². The van der Waals surface area contributed by atoms with Gasteiger partial charge in [0.2, 0.25) is 0 Å². The van der Waals surface area contributed by atoms with Gasteiger partial charge in [-0.05, 0) is 55.0 Å². The number of thiocarbonyl (C=S) groups is 1. The molecule has 0 saturated carbocycles. The topological polar surface area (TPSA) is 67.9 Å². The van der Waals surface area contributed by atoms with Crippen LogP contribution in [0.15, 0.2) is 41.3 Å². The predicted octanol–water partition coefficient (Wildman–Crippen LogP) is 4.73. The largest absolute Gasteiger partial charge is 0.493 e. The normalized spacial score (nSPS) is 14.8. The maximum absolute atomic E-state index is 13.0. The zero-order valence-electron chi connectivity index (χ0n) is 16.6. The number of carbonyl (C=O) groups is 2. The van der Waals surface area contributed by atoms with E-state index in [1.807, 2.05) is 6.92 Å².